The minimum atomic E-state index is -2.63. The Labute approximate surface area is 56.8 Å². The Bertz CT molecular complexity index is 118. The summed E-state index contributed by atoms with van der Waals surface area (Å²) in [4.78, 5) is 9.83. The highest BCUT2D eigenvalue weighted by molar-refractivity contribution is 5.66. The maximum atomic E-state index is 11.6. The quantitative estimate of drug-likeness (QED) is 0.616. The minimum Gasteiger partial charge on any atom is -0.481 e. The Hall–Kier alpha value is -0.710. The first-order chi connectivity index (χ1) is 4.54. The van der Waals surface area contributed by atoms with Crippen molar-refractivity contribution in [1.29, 1.82) is 0 Å². The lowest BCUT2D eigenvalue weighted by molar-refractivity contribution is -0.137. The van der Waals surface area contributed by atoms with Gasteiger partial charge >= 0.3 is 5.97 Å². The van der Waals surface area contributed by atoms with Gasteiger partial charge in [0.2, 0.25) is 0 Å². The second-order valence-corrected chi connectivity index (χ2v) is 1.93. The van der Waals surface area contributed by atoms with Gasteiger partial charge in [-0.15, -0.1) is 0 Å². The smallest absolute Gasteiger partial charge is 0.303 e. The first-order valence-electron chi connectivity index (χ1n) is 2.79. The number of hydrogen-bond donors (Lipinski definition) is 2. The summed E-state index contributed by atoms with van der Waals surface area (Å²) in [7, 11) is 0. The molecule has 0 fully saturated rings. The van der Waals surface area contributed by atoms with Crippen molar-refractivity contribution < 1.29 is 18.7 Å². The van der Waals surface area contributed by atoms with Gasteiger partial charge < -0.3 is 10.8 Å². The summed E-state index contributed by atoms with van der Waals surface area (Å²) in [5.41, 5.74) is 4.85. The van der Waals surface area contributed by atoms with Crippen molar-refractivity contribution in [3.8, 4) is 0 Å². The summed E-state index contributed by atoms with van der Waals surface area (Å²) in [6, 6.07) is -1.31. The van der Waals surface area contributed by atoms with E-state index in [2.05, 4.69) is 0 Å². The third-order valence-corrected chi connectivity index (χ3v) is 1.02. The van der Waals surface area contributed by atoms with Gasteiger partial charge in [0.15, 0.2) is 0 Å². The molecular formula is C5H9F2NO2. The van der Waals surface area contributed by atoms with E-state index >= 15 is 0 Å². The molecule has 0 bridgehead atoms. The summed E-state index contributed by atoms with van der Waals surface area (Å²) >= 11 is 0. The Morgan fingerprint density at radius 3 is 2.40 bits per heavy atom. The molecule has 0 radical (unpaired) electrons. The van der Waals surface area contributed by atoms with Crippen LogP contribution in [0.15, 0.2) is 0 Å². The zero-order valence-corrected chi connectivity index (χ0v) is 5.26. The molecule has 60 valence electrons. The maximum absolute atomic E-state index is 11.6. The lowest BCUT2D eigenvalue weighted by Crippen LogP contribution is -2.29. The highest BCUT2D eigenvalue weighted by Gasteiger charge is 2.15. The van der Waals surface area contributed by atoms with Gasteiger partial charge in [0.25, 0.3) is 6.43 Å². The van der Waals surface area contributed by atoms with Gasteiger partial charge in [0, 0.05) is 6.42 Å². The van der Waals surface area contributed by atoms with E-state index in [1.165, 1.54) is 0 Å². The molecule has 0 saturated heterocycles. The molecule has 3 N–H and O–H groups in total. The number of halogens is 2. The SMILES string of the molecule is NC(CCC(=O)O)C(F)F. The van der Waals surface area contributed by atoms with E-state index in [0.717, 1.165) is 0 Å². The van der Waals surface area contributed by atoms with Crippen molar-refractivity contribution in [2.45, 2.75) is 25.3 Å². The average Bonchev–Trinajstić information content (AvgIpc) is 1.82. The summed E-state index contributed by atoms with van der Waals surface area (Å²) in [6.45, 7) is 0. The van der Waals surface area contributed by atoms with Crippen LogP contribution in [0.5, 0.6) is 0 Å². The van der Waals surface area contributed by atoms with Crippen LogP contribution < -0.4 is 5.73 Å². The van der Waals surface area contributed by atoms with Gasteiger partial charge in [-0.2, -0.15) is 0 Å². The van der Waals surface area contributed by atoms with Crippen molar-refractivity contribution >= 4 is 5.97 Å². The van der Waals surface area contributed by atoms with Crippen LogP contribution in [0.3, 0.4) is 0 Å². The molecule has 5 heteroatoms. The molecule has 0 aliphatic rings. The lowest BCUT2D eigenvalue weighted by atomic mass is 10.2. The van der Waals surface area contributed by atoms with Crippen molar-refractivity contribution in [3.63, 3.8) is 0 Å². The first kappa shape index (κ1) is 9.29. The average molecular weight is 153 g/mol. The number of carboxylic acids is 1. The minimum absolute atomic E-state index is 0.174. The topological polar surface area (TPSA) is 63.3 Å². The molecule has 0 spiro atoms. The molecule has 3 nitrogen and oxygen atoms in total. The molecule has 10 heavy (non-hydrogen) atoms. The fraction of sp³-hybridized carbons (Fsp3) is 0.800. The molecule has 1 atom stereocenters. The predicted octanol–water partition coefficient (Wildman–Crippen LogP) is 0.444. The van der Waals surface area contributed by atoms with Crippen molar-refractivity contribution in [2.24, 2.45) is 5.73 Å². The Kier molecular flexibility index (Phi) is 3.87. The van der Waals surface area contributed by atoms with E-state index in [9.17, 15) is 13.6 Å². The highest BCUT2D eigenvalue weighted by atomic mass is 19.3. The van der Waals surface area contributed by atoms with Crippen molar-refractivity contribution in [1.82, 2.24) is 0 Å². The van der Waals surface area contributed by atoms with Gasteiger partial charge in [-0.1, -0.05) is 0 Å². The van der Waals surface area contributed by atoms with Crippen molar-refractivity contribution in [2.75, 3.05) is 0 Å². The molecule has 0 aliphatic heterocycles. The van der Waals surface area contributed by atoms with E-state index < -0.39 is 18.4 Å². The first-order valence-corrected chi connectivity index (χ1v) is 2.79. The Morgan fingerprint density at radius 2 is 2.10 bits per heavy atom. The molecule has 0 saturated carbocycles. The van der Waals surface area contributed by atoms with Crippen LogP contribution in [0.1, 0.15) is 12.8 Å². The largest absolute Gasteiger partial charge is 0.481 e. The number of hydrogen-bond acceptors (Lipinski definition) is 2. The molecular weight excluding hydrogens is 144 g/mol. The normalized spacial score (nSPS) is 13.6. The second kappa shape index (κ2) is 4.16. The molecule has 1 unspecified atom stereocenters. The number of alkyl halides is 2. The van der Waals surface area contributed by atoms with Crippen LogP contribution in [0, 0.1) is 0 Å². The summed E-state index contributed by atoms with van der Waals surface area (Å²) in [5.74, 6) is -1.10. The summed E-state index contributed by atoms with van der Waals surface area (Å²) in [6.07, 6.45) is -3.10. The zero-order chi connectivity index (χ0) is 8.15. The van der Waals surface area contributed by atoms with E-state index in [1.807, 2.05) is 0 Å². The molecule has 0 aliphatic carbocycles. The second-order valence-electron chi connectivity index (χ2n) is 1.93. The number of nitrogens with two attached hydrogens (primary N) is 1. The van der Waals surface area contributed by atoms with Crippen LogP contribution in [0.2, 0.25) is 0 Å². The number of rotatable bonds is 4. The van der Waals surface area contributed by atoms with E-state index in [1.54, 1.807) is 0 Å². The Morgan fingerprint density at radius 1 is 1.60 bits per heavy atom. The third kappa shape index (κ3) is 4.20. The highest BCUT2D eigenvalue weighted by Crippen LogP contribution is 2.04. The van der Waals surface area contributed by atoms with Crippen LogP contribution in [0.4, 0.5) is 8.78 Å². The van der Waals surface area contributed by atoms with Gasteiger partial charge in [0.05, 0.1) is 6.04 Å². The maximum Gasteiger partial charge on any atom is 0.303 e. The van der Waals surface area contributed by atoms with Crippen LogP contribution >= 0.6 is 0 Å². The van der Waals surface area contributed by atoms with Crippen LogP contribution in [0.25, 0.3) is 0 Å². The van der Waals surface area contributed by atoms with Crippen LogP contribution in [-0.2, 0) is 4.79 Å². The lowest BCUT2D eigenvalue weighted by Gasteiger charge is -2.06. The molecule has 0 rings (SSSR count). The van der Waals surface area contributed by atoms with E-state index in [-0.39, 0.29) is 12.8 Å². The monoisotopic (exact) mass is 153 g/mol. The molecule has 0 aromatic heterocycles. The molecule has 0 amide bonds. The number of carboxylic acid groups (broad SMARTS) is 1. The van der Waals surface area contributed by atoms with E-state index in [4.69, 9.17) is 10.8 Å². The van der Waals surface area contributed by atoms with Crippen LogP contribution in [-0.4, -0.2) is 23.5 Å². The third-order valence-electron chi connectivity index (χ3n) is 1.02. The standard InChI is InChI=1S/C5H9F2NO2/c6-5(7)3(8)1-2-4(9)10/h3,5H,1-2,8H2,(H,9,10). The van der Waals surface area contributed by atoms with Gasteiger partial charge in [-0.25, -0.2) is 8.78 Å². The number of aliphatic carboxylic acids is 1. The van der Waals surface area contributed by atoms with E-state index in [0.29, 0.717) is 0 Å². The predicted molar refractivity (Wildman–Crippen MR) is 30.8 cm³/mol. The van der Waals surface area contributed by atoms with Crippen molar-refractivity contribution in [3.05, 3.63) is 0 Å². The van der Waals surface area contributed by atoms with Gasteiger partial charge in [-0.05, 0) is 6.42 Å². The van der Waals surface area contributed by atoms with Gasteiger partial charge in [0.1, 0.15) is 0 Å². The fourth-order valence-electron chi connectivity index (χ4n) is 0.416. The number of carbonyl (C=O) groups is 1. The van der Waals surface area contributed by atoms with Gasteiger partial charge in [-0.3, -0.25) is 4.79 Å². The Balaban J connectivity index is 3.39. The molecule has 0 heterocycles. The fourth-order valence-corrected chi connectivity index (χ4v) is 0.416. The molecule has 0 aromatic rings. The summed E-state index contributed by atoms with van der Waals surface area (Å²) in [5, 5.41) is 8.04. The molecule has 0 aromatic carbocycles. The zero-order valence-electron chi connectivity index (χ0n) is 5.26. The summed E-state index contributed by atoms with van der Waals surface area (Å²) < 4.78 is 23.1.